The van der Waals surface area contributed by atoms with Gasteiger partial charge in [-0.2, -0.15) is 0 Å². The maximum absolute atomic E-state index is 12.0. The molecule has 0 fully saturated rings. The van der Waals surface area contributed by atoms with E-state index in [1.807, 2.05) is 25.1 Å². The highest BCUT2D eigenvalue weighted by molar-refractivity contribution is 5.92. The Morgan fingerprint density at radius 3 is 2.50 bits per heavy atom. The molecule has 22 heavy (non-hydrogen) atoms. The molecule has 0 saturated heterocycles. The molecule has 1 amide bonds. The zero-order valence-electron chi connectivity index (χ0n) is 13.0. The van der Waals surface area contributed by atoms with E-state index in [1.54, 1.807) is 24.5 Å². The SMILES string of the molecule is CC(C)C(C)NC(=O)c1ccc(C#Cc2ccccn2)cn1. The fraction of sp³-hybridized carbons (Fsp3) is 0.278. The predicted octanol–water partition coefficient (Wildman–Crippen LogP) is 2.65. The number of carbonyl (C=O) groups excluding carboxylic acids is 1. The molecule has 2 heterocycles. The summed E-state index contributed by atoms with van der Waals surface area (Å²) >= 11 is 0. The molecule has 4 nitrogen and oxygen atoms in total. The lowest BCUT2D eigenvalue weighted by Crippen LogP contribution is -2.36. The molecule has 0 aromatic carbocycles. The highest BCUT2D eigenvalue weighted by Crippen LogP contribution is 2.04. The van der Waals surface area contributed by atoms with Crippen LogP contribution in [-0.2, 0) is 0 Å². The van der Waals surface area contributed by atoms with Crippen LogP contribution >= 0.6 is 0 Å². The van der Waals surface area contributed by atoms with Gasteiger partial charge >= 0.3 is 0 Å². The summed E-state index contributed by atoms with van der Waals surface area (Å²) in [5.41, 5.74) is 1.85. The molecule has 1 N–H and O–H groups in total. The van der Waals surface area contributed by atoms with E-state index in [1.165, 1.54) is 0 Å². The summed E-state index contributed by atoms with van der Waals surface area (Å²) in [4.78, 5) is 20.3. The number of hydrogen-bond acceptors (Lipinski definition) is 3. The van der Waals surface area contributed by atoms with Crippen LogP contribution in [0.4, 0.5) is 0 Å². The van der Waals surface area contributed by atoms with E-state index >= 15 is 0 Å². The number of nitrogens with one attached hydrogen (secondary N) is 1. The average molecular weight is 293 g/mol. The summed E-state index contributed by atoms with van der Waals surface area (Å²) in [6.45, 7) is 6.11. The fourth-order valence-electron chi connectivity index (χ4n) is 1.62. The first-order valence-corrected chi connectivity index (χ1v) is 7.26. The molecule has 0 aliphatic heterocycles. The van der Waals surface area contributed by atoms with Crippen LogP contribution in [0.5, 0.6) is 0 Å². The number of aromatic nitrogens is 2. The van der Waals surface area contributed by atoms with Crippen molar-refractivity contribution in [3.05, 3.63) is 59.7 Å². The van der Waals surface area contributed by atoms with Crippen molar-refractivity contribution in [2.75, 3.05) is 0 Å². The van der Waals surface area contributed by atoms with Gasteiger partial charge in [-0.15, -0.1) is 0 Å². The normalized spacial score (nSPS) is 11.5. The lowest BCUT2D eigenvalue weighted by Gasteiger charge is -2.16. The first-order valence-electron chi connectivity index (χ1n) is 7.26. The minimum atomic E-state index is -0.162. The number of amides is 1. The van der Waals surface area contributed by atoms with Crippen LogP contribution < -0.4 is 5.32 Å². The Balaban J connectivity index is 2.05. The summed E-state index contributed by atoms with van der Waals surface area (Å²) in [7, 11) is 0. The van der Waals surface area contributed by atoms with Gasteiger partial charge in [-0.3, -0.25) is 4.79 Å². The van der Waals surface area contributed by atoms with E-state index in [9.17, 15) is 4.79 Å². The smallest absolute Gasteiger partial charge is 0.270 e. The Bertz CT molecular complexity index is 682. The number of rotatable bonds is 3. The second kappa shape index (κ2) is 7.37. The van der Waals surface area contributed by atoms with Crippen LogP contribution in [0.3, 0.4) is 0 Å². The molecule has 2 rings (SSSR count). The molecule has 112 valence electrons. The molecule has 1 unspecified atom stereocenters. The first-order chi connectivity index (χ1) is 10.6. The van der Waals surface area contributed by atoms with Crippen LogP contribution in [0, 0.1) is 17.8 Å². The van der Waals surface area contributed by atoms with Crippen molar-refractivity contribution < 1.29 is 4.79 Å². The molecule has 2 aromatic rings. The van der Waals surface area contributed by atoms with Crippen molar-refractivity contribution in [1.82, 2.24) is 15.3 Å². The van der Waals surface area contributed by atoms with Crippen LogP contribution in [0.1, 0.15) is 42.5 Å². The van der Waals surface area contributed by atoms with Crippen molar-refractivity contribution in [2.45, 2.75) is 26.8 Å². The minimum Gasteiger partial charge on any atom is -0.348 e. The highest BCUT2D eigenvalue weighted by atomic mass is 16.1. The number of nitrogens with zero attached hydrogens (tertiary/aromatic N) is 2. The first kappa shape index (κ1) is 15.7. The third-order valence-corrected chi connectivity index (χ3v) is 3.35. The van der Waals surface area contributed by atoms with Gasteiger partial charge in [0.25, 0.3) is 5.91 Å². The van der Waals surface area contributed by atoms with Crippen molar-refractivity contribution in [3.8, 4) is 11.8 Å². The number of pyridine rings is 2. The second-order valence-electron chi connectivity index (χ2n) is 5.40. The summed E-state index contributed by atoms with van der Waals surface area (Å²) in [6, 6.07) is 9.16. The molecule has 0 aliphatic rings. The molecular weight excluding hydrogens is 274 g/mol. The zero-order valence-corrected chi connectivity index (χ0v) is 13.0. The van der Waals surface area contributed by atoms with Gasteiger partial charge in [-0.25, -0.2) is 9.97 Å². The molecule has 1 atom stereocenters. The summed E-state index contributed by atoms with van der Waals surface area (Å²) in [5.74, 6) is 6.15. The fourth-order valence-corrected chi connectivity index (χ4v) is 1.62. The molecule has 4 heteroatoms. The topological polar surface area (TPSA) is 54.9 Å². The van der Waals surface area contributed by atoms with Gasteiger partial charge in [0.1, 0.15) is 11.4 Å². The van der Waals surface area contributed by atoms with Crippen molar-refractivity contribution >= 4 is 5.91 Å². The molecular formula is C18H19N3O. The molecule has 0 bridgehead atoms. The van der Waals surface area contributed by atoms with E-state index in [2.05, 4.69) is 41.0 Å². The minimum absolute atomic E-state index is 0.109. The van der Waals surface area contributed by atoms with Crippen molar-refractivity contribution in [3.63, 3.8) is 0 Å². The summed E-state index contributed by atoms with van der Waals surface area (Å²) < 4.78 is 0. The predicted molar refractivity (Wildman–Crippen MR) is 86.2 cm³/mol. The monoisotopic (exact) mass is 293 g/mol. The maximum Gasteiger partial charge on any atom is 0.270 e. The molecule has 0 aliphatic carbocycles. The Morgan fingerprint density at radius 2 is 1.91 bits per heavy atom. The largest absolute Gasteiger partial charge is 0.348 e. The van der Waals surface area contributed by atoms with Gasteiger partial charge in [-0.05, 0) is 43.0 Å². The number of hydrogen-bond donors (Lipinski definition) is 1. The Morgan fingerprint density at radius 1 is 1.09 bits per heavy atom. The zero-order chi connectivity index (χ0) is 15.9. The molecule has 0 radical (unpaired) electrons. The maximum atomic E-state index is 12.0. The highest BCUT2D eigenvalue weighted by Gasteiger charge is 2.13. The number of carbonyl (C=O) groups is 1. The Hall–Kier alpha value is -2.67. The standard InChI is InChI=1S/C18H19N3O/c1-13(2)14(3)21-18(22)17-10-8-15(12-20-17)7-9-16-6-4-5-11-19-16/h4-6,8,10-14H,1-3H3,(H,21,22). The lowest BCUT2D eigenvalue weighted by atomic mass is 10.1. The van der Waals surface area contributed by atoms with Gasteiger partial charge in [0.2, 0.25) is 0 Å². The lowest BCUT2D eigenvalue weighted by molar-refractivity contribution is 0.0925. The Labute approximate surface area is 131 Å². The summed E-state index contributed by atoms with van der Waals surface area (Å²) in [6.07, 6.45) is 3.30. The van der Waals surface area contributed by atoms with Crippen LogP contribution in [0.25, 0.3) is 0 Å². The molecule has 2 aromatic heterocycles. The van der Waals surface area contributed by atoms with Gasteiger partial charge in [0.05, 0.1) is 0 Å². The molecule has 0 saturated carbocycles. The van der Waals surface area contributed by atoms with Gasteiger partial charge < -0.3 is 5.32 Å². The van der Waals surface area contributed by atoms with E-state index in [4.69, 9.17) is 0 Å². The average Bonchev–Trinajstić information content (AvgIpc) is 2.54. The third kappa shape index (κ3) is 4.42. The summed E-state index contributed by atoms with van der Waals surface area (Å²) in [5, 5.41) is 2.93. The van der Waals surface area contributed by atoms with E-state index < -0.39 is 0 Å². The third-order valence-electron chi connectivity index (χ3n) is 3.35. The second-order valence-corrected chi connectivity index (χ2v) is 5.40. The van der Waals surface area contributed by atoms with Gasteiger partial charge in [0.15, 0.2) is 0 Å². The molecule has 0 spiro atoms. The van der Waals surface area contributed by atoms with Crippen LogP contribution in [-0.4, -0.2) is 21.9 Å². The van der Waals surface area contributed by atoms with E-state index in [0.717, 1.165) is 5.56 Å². The quantitative estimate of drug-likeness (QED) is 0.885. The van der Waals surface area contributed by atoms with Crippen LogP contribution in [0.15, 0.2) is 42.7 Å². The van der Waals surface area contributed by atoms with E-state index in [0.29, 0.717) is 17.3 Å². The van der Waals surface area contributed by atoms with Crippen molar-refractivity contribution in [1.29, 1.82) is 0 Å². The Kier molecular flexibility index (Phi) is 5.26. The van der Waals surface area contributed by atoms with Gasteiger partial charge in [0, 0.05) is 24.0 Å². The van der Waals surface area contributed by atoms with Crippen LogP contribution in [0.2, 0.25) is 0 Å². The van der Waals surface area contributed by atoms with Crippen molar-refractivity contribution in [2.24, 2.45) is 5.92 Å². The van der Waals surface area contributed by atoms with E-state index in [-0.39, 0.29) is 11.9 Å². The van der Waals surface area contributed by atoms with Gasteiger partial charge in [-0.1, -0.05) is 25.8 Å².